The fourth-order valence-corrected chi connectivity index (χ4v) is 1.85. The molecule has 5 heteroatoms. The van der Waals surface area contributed by atoms with E-state index in [1.54, 1.807) is 31.2 Å². The van der Waals surface area contributed by atoms with Crippen LogP contribution in [0.1, 0.15) is 18.5 Å². The van der Waals surface area contributed by atoms with Gasteiger partial charge in [-0.05, 0) is 12.5 Å². The summed E-state index contributed by atoms with van der Waals surface area (Å²) in [6.45, 7) is 1.85. The molecule has 1 atom stereocenters. The first-order valence-electron chi connectivity index (χ1n) is 5.61. The Labute approximate surface area is 104 Å². The zero-order valence-electron chi connectivity index (χ0n) is 9.84. The summed E-state index contributed by atoms with van der Waals surface area (Å²) < 4.78 is 4.85. The van der Waals surface area contributed by atoms with E-state index in [1.165, 1.54) is 0 Å². The number of carbonyl (C=O) groups is 2. The molecule has 1 aromatic carbocycles. The quantitative estimate of drug-likeness (QED) is 0.788. The van der Waals surface area contributed by atoms with Gasteiger partial charge in [0, 0.05) is 0 Å². The Morgan fingerprint density at radius 2 is 2.06 bits per heavy atom. The van der Waals surface area contributed by atoms with Crippen LogP contribution in [0, 0.1) is 0 Å². The number of carbonyl (C=O) groups excluding carboxylic acids is 2. The van der Waals surface area contributed by atoms with Gasteiger partial charge in [-0.3, -0.25) is 4.79 Å². The van der Waals surface area contributed by atoms with Gasteiger partial charge in [0.2, 0.25) is 0 Å². The molecule has 0 fully saturated rings. The number of aliphatic hydroxyl groups excluding tert-OH is 1. The summed E-state index contributed by atoms with van der Waals surface area (Å²) in [5.41, 5.74) is 0.686. The third kappa shape index (κ3) is 2.07. The first-order chi connectivity index (χ1) is 8.65. The van der Waals surface area contributed by atoms with E-state index in [-0.39, 0.29) is 12.2 Å². The average molecular weight is 247 g/mol. The Morgan fingerprint density at radius 1 is 1.39 bits per heavy atom. The lowest BCUT2D eigenvalue weighted by molar-refractivity contribution is -0.139. The van der Waals surface area contributed by atoms with Crippen LogP contribution in [-0.2, 0) is 14.3 Å². The summed E-state index contributed by atoms with van der Waals surface area (Å²) in [6.07, 6.45) is 0. The van der Waals surface area contributed by atoms with Gasteiger partial charge in [0.15, 0.2) is 5.76 Å². The van der Waals surface area contributed by atoms with E-state index in [4.69, 9.17) is 4.74 Å². The lowest BCUT2D eigenvalue weighted by Crippen LogP contribution is -2.24. The van der Waals surface area contributed by atoms with Gasteiger partial charge in [-0.2, -0.15) is 0 Å². The smallest absolute Gasteiger partial charge is 0.340 e. The van der Waals surface area contributed by atoms with E-state index in [0.717, 1.165) is 5.56 Å². The van der Waals surface area contributed by atoms with Gasteiger partial charge >= 0.3 is 5.97 Å². The molecule has 0 bridgehead atoms. The van der Waals surface area contributed by atoms with Crippen molar-refractivity contribution in [3.8, 4) is 0 Å². The van der Waals surface area contributed by atoms with Gasteiger partial charge < -0.3 is 15.2 Å². The molecule has 18 heavy (non-hydrogen) atoms. The standard InChI is InChI=1S/C13H13NO4/c1-2-18-13(17)9-10(14-12(16)11(9)15)8-6-4-3-5-7-8/h3-7,10,15H,2H2,1H3,(H,14,16). The predicted molar refractivity (Wildman–Crippen MR) is 63.6 cm³/mol. The molecule has 1 unspecified atom stereocenters. The third-order valence-electron chi connectivity index (χ3n) is 2.66. The lowest BCUT2D eigenvalue weighted by atomic mass is 10.0. The van der Waals surface area contributed by atoms with Crippen LogP contribution >= 0.6 is 0 Å². The lowest BCUT2D eigenvalue weighted by Gasteiger charge is -2.13. The van der Waals surface area contributed by atoms with Crippen LogP contribution in [0.2, 0.25) is 0 Å². The molecule has 1 aromatic rings. The number of esters is 1. The minimum atomic E-state index is -0.679. The van der Waals surface area contributed by atoms with Crippen molar-refractivity contribution in [2.45, 2.75) is 13.0 Å². The van der Waals surface area contributed by atoms with Gasteiger partial charge in [0.25, 0.3) is 5.91 Å². The van der Waals surface area contributed by atoms with Crippen LogP contribution in [0.15, 0.2) is 41.7 Å². The van der Waals surface area contributed by atoms with Crippen molar-refractivity contribution in [2.75, 3.05) is 6.61 Å². The van der Waals surface area contributed by atoms with Gasteiger partial charge in [-0.25, -0.2) is 4.79 Å². The van der Waals surface area contributed by atoms with Gasteiger partial charge in [-0.1, -0.05) is 30.3 Å². The van der Waals surface area contributed by atoms with Crippen molar-refractivity contribution in [3.63, 3.8) is 0 Å². The number of hydrogen-bond acceptors (Lipinski definition) is 4. The van der Waals surface area contributed by atoms with E-state index < -0.39 is 23.7 Å². The molecule has 0 radical (unpaired) electrons. The maximum Gasteiger partial charge on any atom is 0.340 e. The zero-order valence-corrected chi connectivity index (χ0v) is 9.84. The molecule has 2 rings (SSSR count). The number of amides is 1. The van der Waals surface area contributed by atoms with E-state index in [0.29, 0.717) is 0 Å². The van der Waals surface area contributed by atoms with Gasteiger partial charge in [0.05, 0.1) is 12.6 Å². The molecule has 2 N–H and O–H groups in total. The summed E-state index contributed by atoms with van der Waals surface area (Å²) in [5.74, 6) is -1.91. The number of ether oxygens (including phenoxy) is 1. The van der Waals surface area contributed by atoms with Crippen molar-refractivity contribution in [2.24, 2.45) is 0 Å². The van der Waals surface area contributed by atoms with E-state index in [9.17, 15) is 14.7 Å². The number of benzene rings is 1. The monoisotopic (exact) mass is 247 g/mol. The molecule has 94 valence electrons. The van der Waals surface area contributed by atoms with E-state index >= 15 is 0 Å². The Hall–Kier alpha value is -2.30. The molecule has 0 aromatic heterocycles. The highest BCUT2D eigenvalue weighted by Gasteiger charge is 2.37. The zero-order chi connectivity index (χ0) is 13.1. The SMILES string of the molecule is CCOC(=O)C1=C(O)C(=O)NC1c1ccccc1. The second kappa shape index (κ2) is 4.91. The Bertz CT molecular complexity index is 507. The molecule has 1 amide bonds. The Kier molecular flexibility index (Phi) is 3.32. The molecule has 1 aliphatic heterocycles. The Balaban J connectivity index is 2.38. The number of rotatable bonds is 3. The topological polar surface area (TPSA) is 75.6 Å². The summed E-state index contributed by atoms with van der Waals surface area (Å²) in [7, 11) is 0. The summed E-state index contributed by atoms with van der Waals surface area (Å²) in [4.78, 5) is 23.2. The number of nitrogens with one attached hydrogen (secondary N) is 1. The molecule has 0 spiro atoms. The molecule has 0 aliphatic carbocycles. The van der Waals surface area contributed by atoms with Crippen LogP contribution in [-0.4, -0.2) is 23.6 Å². The van der Waals surface area contributed by atoms with Gasteiger partial charge in [0.1, 0.15) is 5.57 Å². The van der Waals surface area contributed by atoms with Crippen molar-refractivity contribution in [1.82, 2.24) is 5.32 Å². The fraction of sp³-hybridized carbons (Fsp3) is 0.231. The third-order valence-corrected chi connectivity index (χ3v) is 2.66. The predicted octanol–water partition coefficient (Wildman–Crippen LogP) is 1.23. The van der Waals surface area contributed by atoms with Crippen molar-refractivity contribution in [3.05, 3.63) is 47.2 Å². The molecule has 5 nitrogen and oxygen atoms in total. The first kappa shape index (κ1) is 12.2. The molecule has 0 saturated carbocycles. The van der Waals surface area contributed by atoms with Crippen molar-refractivity contribution in [1.29, 1.82) is 0 Å². The molecule has 1 aliphatic rings. The Morgan fingerprint density at radius 3 is 2.67 bits per heavy atom. The second-order valence-electron chi connectivity index (χ2n) is 3.80. The number of aliphatic hydroxyl groups is 1. The van der Waals surface area contributed by atoms with Crippen LogP contribution in [0.5, 0.6) is 0 Å². The summed E-state index contributed by atoms with van der Waals surface area (Å²) in [6, 6.07) is 8.29. The van der Waals surface area contributed by atoms with Crippen molar-refractivity contribution < 1.29 is 19.4 Å². The van der Waals surface area contributed by atoms with Crippen molar-refractivity contribution >= 4 is 11.9 Å². The highest BCUT2D eigenvalue weighted by Crippen LogP contribution is 2.29. The maximum atomic E-state index is 11.8. The molecule has 1 heterocycles. The largest absolute Gasteiger partial charge is 0.503 e. The highest BCUT2D eigenvalue weighted by atomic mass is 16.5. The highest BCUT2D eigenvalue weighted by molar-refractivity contribution is 6.06. The van der Waals surface area contributed by atoms with Crippen LogP contribution in [0.25, 0.3) is 0 Å². The maximum absolute atomic E-state index is 11.8. The minimum absolute atomic E-state index is 0.0342. The number of hydrogen-bond donors (Lipinski definition) is 2. The summed E-state index contributed by atoms with van der Waals surface area (Å²) in [5, 5.41) is 12.2. The molecule has 0 saturated heterocycles. The summed E-state index contributed by atoms with van der Waals surface area (Å²) >= 11 is 0. The molecular formula is C13H13NO4. The molecular weight excluding hydrogens is 234 g/mol. The first-order valence-corrected chi connectivity index (χ1v) is 5.61. The minimum Gasteiger partial charge on any atom is -0.503 e. The van der Waals surface area contributed by atoms with Crippen LogP contribution in [0.4, 0.5) is 0 Å². The van der Waals surface area contributed by atoms with Crippen LogP contribution < -0.4 is 5.32 Å². The normalized spacial score (nSPS) is 18.7. The van der Waals surface area contributed by atoms with E-state index in [1.807, 2.05) is 6.07 Å². The van der Waals surface area contributed by atoms with E-state index in [2.05, 4.69) is 5.32 Å². The second-order valence-corrected chi connectivity index (χ2v) is 3.80. The van der Waals surface area contributed by atoms with Crippen LogP contribution in [0.3, 0.4) is 0 Å². The fourth-order valence-electron chi connectivity index (χ4n) is 1.85. The average Bonchev–Trinajstić information content (AvgIpc) is 2.67. The van der Waals surface area contributed by atoms with Gasteiger partial charge in [-0.15, -0.1) is 0 Å².